The van der Waals surface area contributed by atoms with E-state index < -0.39 is 0 Å². The van der Waals surface area contributed by atoms with Gasteiger partial charge in [0.25, 0.3) is 0 Å². The first-order valence-corrected chi connectivity index (χ1v) is 6.17. The van der Waals surface area contributed by atoms with E-state index in [0.29, 0.717) is 5.56 Å². The van der Waals surface area contributed by atoms with Gasteiger partial charge < -0.3 is 4.74 Å². The van der Waals surface area contributed by atoms with Crippen LogP contribution in [0.2, 0.25) is 0 Å². The van der Waals surface area contributed by atoms with Crippen molar-refractivity contribution in [2.75, 3.05) is 7.11 Å². The second-order valence-corrected chi connectivity index (χ2v) is 4.29. The molecule has 2 rings (SSSR count). The number of hydrogen-bond acceptors (Lipinski definition) is 1. The zero-order valence-corrected chi connectivity index (χ0v) is 10.7. The van der Waals surface area contributed by atoms with Crippen molar-refractivity contribution in [1.82, 2.24) is 0 Å². The highest BCUT2D eigenvalue weighted by atomic mass is 19.1. The normalized spacial score (nSPS) is 10.4. The van der Waals surface area contributed by atoms with Crippen molar-refractivity contribution in [3.05, 3.63) is 53.8 Å². The summed E-state index contributed by atoms with van der Waals surface area (Å²) in [6, 6.07) is 12.9. The van der Waals surface area contributed by atoms with Gasteiger partial charge in [-0.25, -0.2) is 4.39 Å². The third-order valence-electron chi connectivity index (χ3n) is 2.97. The van der Waals surface area contributed by atoms with Crippen LogP contribution in [0.1, 0.15) is 18.9 Å². The molecule has 2 heteroatoms. The molecular formula is C16H17FO. The van der Waals surface area contributed by atoms with Crippen LogP contribution in [0.4, 0.5) is 4.39 Å². The Bertz CT molecular complexity index is 517. The molecule has 94 valence electrons. The number of aryl methyl sites for hydroxylation is 1. The molecule has 0 aliphatic carbocycles. The van der Waals surface area contributed by atoms with Gasteiger partial charge in [-0.15, -0.1) is 0 Å². The van der Waals surface area contributed by atoms with Gasteiger partial charge in [0, 0.05) is 5.56 Å². The number of ether oxygens (including phenoxy) is 1. The minimum Gasteiger partial charge on any atom is -0.497 e. The molecule has 0 saturated heterocycles. The largest absolute Gasteiger partial charge is 0.497 e. The van der Waals surface area contributed by atoms with E-state index in [2.05, 4.69) is 6.92 Å². The smallest absolute Gasteiger partial charge is 0.131 e. The maximum absolute atomic E-state index is 14.0. The zero-order valence-electron chi connectivity index (χ0n) is 10.7. The van der Waals surface area contributed by atoms with Crippen molar-refractivity contribution >= 4 is 0 Å². The molecular weight excluding hydrogens is 227 g/mol. The Labute approximate surface area is 107 Å². The van der Waals surface area contributed by atoms with Gasteiger partial charge in [-0.1, -0.05) is 37.6 Å². The van der Waals surface area contributed by atoms with Gasteiger partial charge in [-0.05, 0) is 35.7 Å². The van der Waals surface area contributed by atoms with Gasteiger partial charge in [-0.3, -0.25) is 0 Å². The van der Waals surface area contributed by atoms with Gasteiger partial charge in [0.1, 0.15) is 11.6 Å². The van der Waals surface area contributed by atoms with Crippen molar-refractivity contribution in [2.24, 2.45) is 0 Å². The molecule has 2 aromatic rings. The van der Waals surface area contributed by atoms with E-state index >= 15 is 0 Å². The quantitative estimate of drug-likeness (QED) is 0.771. The Morgan fingerprint density at radius 3 is 2.33 bits per heavy atom. The fourth-order valence-electron chi connectivity index (χ4n) is 2.01. The summed E-state index contributed by atoms with van der Waals surface area (Å²) in [7, 11) is 1.62. The third kappa shape index (κ3) is 2.70. The molecule has 0 bridgehead atoms. The van der Waals surface area contributed by atoms with E-state index in [1.165, 1.54) is 0 Å². The Hall–Kier alpha value is -1.83. The Morgan fingerprint density at radius 2 is 1.78 bits per heavy atom. The summed E-state index contributed by atoms with van der Waals surface area (Å²) in [6.07, 6.45) is 1.95. The molecule has 0 atom stereocenters. The van der Waals surface area contributed by atoms with Crippen molar-refractivity contribution < 1.29 is 9.13 Å². The monoisotopic (exact) mass is 244 g/mol. The molecule has 0 spiro atoms. The van der Waals surface area contributed by atoms with Crippen LogP contribution in [0.15, 0.2) is 42.5 Å². The number of rotatable bonds is 4. The summed E-state index contributed by atoms with van der Waals surface area (Å²) >= 11 is 0. The first-order valence-electron chi connectivity index (χ1n) is 6.17. The van der Waals surface area contributed by atoms with Crippen LogP contribution < -0.4 is 4.74 Å². The van der Waals surface area contributed by atoms with Crippen molar-refractivity contribution in [3.63, 3.8) is 0 Å². The van der Waals surface area contributed by atoms with Crippen molar-refractivity contribution in [2.45, 2.75) is 19.8 Å². The van der Waals surface area contributed by atoms with Crippen LogP contribution in [-0.4, -0.2) is 7.11 Å². The second-order valence-electron chi connectivity index (χ2n) is 4.29. The molecule has 1 nitrogen and oxygen atoms in total. The SMILES string of the molecule is CCCc1ccc(-c2ccc(OC)cc2)c(F)c1. The van der Waals surface area contributed by atoms with Gasteiger partial charge in [0.2, 0.25) is 0 Å². The average Bonchev–Trinajstić information content (AvgIpc) is 2.40. The molecule has 0 heterocycles. The summed E-state index contributed by atoms with van der Waals surface area (Å²) in [5, 5.41) is 0. The first kappa shape index (κ1) is 12.6. The van der Waals surface area contributed by atoms with Crippen LogP contribution in [0.3, 0.4) is 0 Å². The fourth-order valence-corrected chi connectivity index (χ4v) is 2.01. The molecule has 0 aromatic heterocycles. The van der Waals surface area contributed by atoms with Gasteiger partial charge in [-0.2, -0.15) is 0 Å². The molecule has 0 aliphatic rings. The number of methoxy groups -OCH3 is 1. The zero-order chi connectivity index (χ0) is 13.0. The lowest BCUT2D eigenvalue weighted by Crippen LogP contribution is -1.89. The lowest BCUT2D eigenvalue weighted by molar-refractivity contribution is 0.415. The van der Waals surface area contributed by atoms with E-state index in [-0.39, 0.29) is 5.82 Å². The third-order valence-corrected chi connectivity index (χ3v) is 2.97. The van der Waals surface area contributed by atoms with Crippen LogP contribution >= 0.6 is 0 Å². The topological polar surface area (TPSA) is 9.23 Å². The van der Waals surface area contributed by atoms with Gasteiger partial charge in [0.05, 0.1) is 7.11 Å². The summed E-state index contributed by atoms with van der Waals surface area (Å²) < 4.78 is 19.1. The predicted octanol–water partition coefficient (Wildman–Crippen LogP) is 4.45. The second kappa shape index (κ2) is 5.67. The molecule has 2 aromatic carbocycles. The lowest BCUT2D eigenvalue weighted by Gasteiger charge is -2.07. The number of halogens is 1. The summed E-state index contributed by atoms with van der Waals surface area (Å²) in [6.45, 7) is 2.09. The Morgan fingerprint density at radius 1 is 1.06 bits per heavy atom. The van der Waals surface area contributed by atoms with Crippen molar-refractivity contribution in [1.29, 1.82) is 0 Å². The minimum absolute atomic E-state index is 0.161. The average molecular weight is 244 g/mol. The van der Waals surface area contributed by atoms with E-state index in [0.717, 1.165) is 29.7 Å². The van der Waals surface area contributed by atoms with Crippen LogP contribution in [0, 0.1) is 5.82 Å². The molecule has 0 fully saturated rings. The van der Waals surface area contributed by atoms with Crippen LogP contribution in [0.25, 0.3) is 11.1 Å². The first-order chi connectivity index (χ1) is 8.74. The molecule has 0 saturated carbocycles. The van der Waals surface area contributed by atoms with E-state index in [1.807, 2.05) is 36.4 Å². The maximum atomic E-state index is 14.0. The maximum Gasteiger partial charge on any atom is 0.131 e. The summed E-state index contributed by atoms with van der Waals surface area (Å²) in [5.74, 6) is 0.618. The Kier molecular flexibility index (Phi) is 3.98. The highest BCUT2D eigenvalue weighted by Crippen LogP contribution is 2.25. The molecule has 0 N–H and O–H groups in total. The predicted molar refractivity (Wildman–Crippen MR) is 72.4 cm³/mol. The van der Waals surface area contributed by atoms with Crippen molar-refractivity contribution in [3.8, 4) is 16.9 Å². The molecule has 0 aliphatic heterocycles. The van der Waals surface area contributed by atoms with Crippen LogP contribution in [0.5, 0.6) is 5.75 Å². The summed E-state index contributed by atoms with van der Waals surface area (Å²) in [4.78, 5) is 0. The highest BCUT2D eigenvalue weighted by molar-refractivity contribution is 5.65. The molecule has 18 heavy (non-hydrogen) atoms. The summed E-state index contributed by atoms with van der Waals surface area (Å²) in [5.41, 5.74) is 2.56. The lowest BCUT2D eigenvalue weighted by atomic mass is 10.0. The molecule has 0 radical (unpaired) electrons. The Balaban J connectivity index is 2.32. The van der Waals surface area contributed by atoms with Gasteiger partial charge >= 0.3 is 0 Å². The molecule has 0 amide bonds. The minimum atomic E-state index is -0.161. The number of hydrogen-bond donors (Lipinski definition) is 0. The van der Waals surface area contributed by atoms with Gasteiger partial charge in [0.15, 0.2) is 0 Å². The van der Waals surface area contributed by atoms with Crippen LogP contribution in [-0.2, 0) is 6.42 Å². The van der Waals surface area contributed by atoms with E-state index in [9.17, 15) is 4.39 Å². The standard InChI is InChI=1S/C16H17FO/c1-3-4-12-5-10-15(16(17)11-12)13-6-8-14(18-2)9-7-13/h5-11H,3-4H2,1-2H3. The van der Waals surface area contributed by atoms with E-state index in [1.54, 1.807) is 13.2 Å². The number of benzene rings is 2. The molecule has 0 unspecified atom stereocenters. The highest BCUT2D eigenvalue weighted by Gasteiger charge is 2.06. The fraction of sp³-hybridized carbons (Fsp3) is 0.250. The van der Waals surface area contributed by atoms with E-state index in [4.69, 9.17) is 4.74 Å².